The molecule has 1 aliphatic heterocycles. The van der Waals surface area contributed by atoms with Crippen LogP contribution in [-0.4, -0.2) is 65.4 Å². The lowest BCUT2D eigenvalue weighted by atomic mass is 10.2. The van der Waals surface area contributed by atoms with E-state index in [-0.39, 0.29) is 12.3 Å². The average molecular weight is 251 g/mol. The van der Waals surface area contributed by atoms with Crippen molar-refractivity contribution in [2.24, 2.45) is 0 Å². The third-order valence-electron chi connectivity index (χ3n) is 3.12. The normalized spacial score (nSPS) is 16.8. The van der Waals surface area contributed by atoms with Gasteiger partial charge in [0.1, 0.15) is 5.69 Å². The van der Waals surface area contributed by atoms with Gasteiger partial charge < -0.3 is 15.1 Å². The van der Waals surface area contributed by atoms with Gasteiger partial charge in [0.05, 0.1) is 6.61 Å². The molecule has 98 valence electrons. The number of aromatic carboxylic acids is 1. The quantitative estimate of drug-likeness (QED) is 0.778. The van der Waals surface area contributed by atoms with E-state index in [0.717, 1.165) is 31.9 Å². The van der Waals surface area contributed by atoms with E-state index >= 15 is 0 Å². The van der Waals surface area contributed by atoms with Crippen molar-refractivity contribution in [3.63, 3.8) is 0 Å². The SMILES string of the molecule is O=C(O)c1cc(N2CCN(CCO)CC2)ccn1. The highest BCUT2D eigenvalue weighted by molar-refractivity contribution is 5.86. The second-order valence-corrected chi connectivity index (χ2v) is 4.26. The predicted octanol–water partition coefficient (Wildman–Crippen LogP) is -0.106. The first-order valence-electron chi connectivity index (χ1n) is 5.98. The fourth-order valence-electron chi connectivity index (χ4n) is 2.10. The Balaban J connectivity index is 2.01. The van der Waals surface area contributed by atoms with Crippen LogP contribution in [0.2, 0.25) is 0 Å². The number of aliphatic hydroxyl groups is 1. The molecule has 0 aromatic carbocycles. The van der Waals surface area contributed by atoms with Crippen LogP contribution in [0.15, 0.2) is 18.3 Å². The Kier molecular flexibility index (Phi) is 4.11. The Morgan fingerprint density at radius 2 is 2.06 bits per heavy atom. The lowest BCUT2D eigenvalue weighted by molar-refractivity contribution is 0.0690. The number of rotatable bonds is 4. The van der Waals surface area contributed by atoms with Crippen molar-refractivity contribution in [2.75, 3.05) is 44.2 Å². The van der Waals surface area contributed by atoms with Gasteiger partial charge in [-0.15, -0.1) is 0 Å². The van der Waals surface area contributed by atoms with Crippen molar-refractivity contribution >= 4 is 11.7 Å². The van der Waals surface area contributed by atoms with Crippen molar-refractivity contribution in [3.8, 4) is 0 Å². The molecule has 0 amide bonds. The number of carboxylic acids is 1. The van der Waals surface area contributed by atoms with Crippen LogP contribution in [0.4, 0.5) is 5.69 Å². The van der Waals surface area contributed by atoms with Crippen molar-refractivity contribution < 1.29 is 15.0 Å². The highest BCUT2D eigenvalue weighted by atomic mass is 16.4. The molecule has 6 nitrogen and oxygen atoms in total. The maximum atomic E-state index is 10.9. The van der Waals surface area contributed by atoms with Gasteiger partial charge in [-0.1, -0.05) is 0 Å². The summed E-state index contributed by atoms with van der Waals surface area (Å²) in [6, 6.07) is 3.43. The van der Waals surface area contributed by atoms with Crippen molar-refractivity contribution in [1.29, 1.82) is 0 Å². The molecule has 1 aliphatic rings. The van der Waals surface area contributed by atoms with Crippen LogP contribution >= 0.6 is 0 Å². The summed E-state index contributed by atoms with van der Waals surface area (Å²) < 4.78 is 0. The number of carboxylic acid groups (broad SMARTS) is 1. The monoisotopic (exact) mass is 251 g/mol. The van der Waals surface area contributed by atoms with Crippen LogP contribution in [0, 0.1) is 0 Å². The van der Waals surface area contributed by atoms with Crippen LogP contribution in [0.1, 0.15) is 10.5 Å². The molecule has 1 aromatic rings. The minimum Gasteiger partial charge on any atom is -0.477 e. The smallest absolute Gasteiger partial charge is 0.354 e. The molecule has 2 rings (SSSR count). The van der Waals surface area contributed by atoms with Crippen LogP contribution in [0.3, 0.4) is 0 Å². The van der Waals surface area contributed by atoms with Crippen LogP contribution < -0.4 is 4.90 Å². The molecular formula is C12H17N3O3. The summed E-state index contributed by atoms with van der Waals surface area (Å²) in [5.74, 6) is -1.00. The molecule has 0 saturated carbocycles. The number of β-amino-alcohol motifs (C(OH)–C–C–N with tert-alkyl or cyclic N) is 1. The van der Waals surface area contributed by atoms with E-state index in [1.165, 1.54) is 6.20 Å². The molecule has 0 aliphatic carbocycles. The maximum Gasteiger partial charge on any atom is 0.354 e. The number of anilines is 1. The number of hydrogen-bond donors (Lipinski definition) is 2. The van der Waals surface area contributed by atoms with E-state index < -0.39 is 5.97 Å². The van der Waals surface area contributed by atoms with Crippen LogP contribution in [0.25, 0.3) is 0 Å². The summed E-state index contributed by atoms with van der Waals surface area (Å²) in [5, 5.41) is 17.8. The summed E-state index contributed by atoms with van der Waals surface area (Å²) >= 11 is 0. The second kappa shape index (κ2) is 5.79. The molecule has 1 fully saturated rings. The van der Waals surface area contributed by atoms with Crippen molar-refractivity contribution in [3.05, 3.63) is 24.0 Å². The lowest BCUT2D eigenvalue weighted by Crippen LogP contribution is -2.47. The Hall–Kier alpha value is -1.66. The zero-order chi connectivity index (χ0) is 13.0. The summed E-state index contributed by atoms with van der Waals surface area (Å²) in [4.78, 5) is 19.0. The number of piperazine rings is 1. The molecule has 1 saturated heterocycles. The number of pyridine rings is 1. The van der Waals surface area contributed by atoms with Gasteiger partial charge in [0.2, 0.25) is 0 Å². The minimum atomic E-state index is -1.00. The van der Waals surface area contributed by atoms with Gasteiger partial charge in [0, 0.05) is 44.6 Å². The number of aliphatic hydroxyl groups excluding tert-OH is 1. The molecule has 0 radical (unpaired) electrons. The zero-order valence-corrected chi connectivity index (χ0v) is 10.1. The molecule has 0 bridgehead atoms. The second-order valence-electron chi connectivity index (χ2n) is 4.26. The number of nitrogens with zero attached hydrogens (tertiary/aromatic N) is 3. The number of hydrogen-bond acceptors (Lipinski definition) is 5. The van der Waals surface area contributed by atoms with Crippen LogP contribution in [-0.2, 0) is 0 Å². The van der Waals surface area contributed by atoms with E-state index in [1.807, 2.05) is 6.07 Å². The molecule has 6 heteroatoms. The Morgan fingerprint density at radius 1 is 1.33 bits per heavy atom. The maximum absolute atomic E-state index is 10.9. The van der Waals surface area contributed by atoms with Gasteiger partial charge in [-0.05, 0) is 12.1 Å². The largest absolute Gasteiger partial charge is 0.477 e. The topological polar surface area (TPSA) is 76.9 Å². The zero-order valence-electron chi connectivity index (χ0n) is 10.1. The Labute approximate surface area is 105 Å². The lowest BCUT2D eigenvalue weighted by Gasteiger charge is -2.35. The summed E-state index contributed by atoms with van der Waals surface area (Å²) in [6.45, 7) is 4.31. The van der Waals surface area contributed by atoms with E-state index in [1.54, 1.807) is 6.07 Å². The molecule has 1 aromatic heterocycles. The van der Waals surface area contributed by atoms with Gasteiger partial charge in [-0.3, -0.25) is 4.90 Å². The predicted molar refractivity (Wildman–Crippen MR) is 66.9 cm³/mol. The molecule has 2 heterocycles. The third-order valence-corrected chi connectivity index (χ3v) is 3.12. The molecule has 2 N–H and O–H groups in total. The van der Waals surface area contributed by atoms with Gasteiger partial charge in [0.25, 0.3) is 0 Å². The van der Waals surface area contributed by atoms with Gasteiger partial charge in [0.15, 0.2) is 0 Å². The van der Waals surface area contributed by atoms with E-state index in [9.17, 15) is 4.79 Å². The van der Waals surface area contributed by atoms with Crippen molar-refractivity contribution in [2.45, 2.75) is 0 Å². The van der Waals surface area contributed by atoms with Gasteiger partial charge in [-0.25, -0.2) is 9.78 Å². The summed E-state index contributed by atoms with van der Waals surface area (Å²) in [5.41, 5.74) is 0.969. The fraction of sp³-hybridized carbons (Fsp3) is 0.500. The van der Waals surface area contributed by atoms with Crippen molar-refractivity contribution in [1.82, 2.24) is 9.88 Å². The molecule has 0 spiro atoms. The summed E-state index contributed by atoms with van der Waals surface area (Å²) in [6.07, 6.45) is 1.53. The Bertz CT molecular complexity index is 417. The molecule has 18 heavy (non-hydrogen) atoms. The van der Waals surface area contributed by atoms with E-state index in [0.29, 0.717) is 6.54 Å². The minimum absolute atomic E-state index is 0.0743. The standard InChI is InChI=1S/C12H17N3O3/c16-8-7-14-3-5-15(6-4-14)10-1-2-13-11(9-10)12(17)18/h1-2,9,16H,3-8H2,(H,17,18). The number of carbonyl (C=O) groups is 1. The highest BCUT2D eigenvalue weighted by Crippen LogP contribution is 2.16. The average Bonchev–Trinajstić information content (AvgIpc) is 2.40. The van der Waals surface area contributed by atoms with E-state index in [4.69, 9.17) is 10.2 Å². The third kappa shape index (κ3) is 2.96. The number of aromatic nitrogens is 1. The first-order chi connectivity index (χ1) is 8.70. The highest BCUT2D eigenvalue weighted by Gasteiger charge is 2.17. The Morgan fingerprint density at radius 3 is 2.67 bits per heavy atom. The van der Waals surface area contributed by atoms with Gasteiger partial charge in [-0.2, -0.15) is 0 Å². The summed E-state index contributed by atoms with van der Waals surface area (Å²) in [7, 11) is 0. The first-order valence-corrected chi connectivity index (χ1v) is 5.98. The molecule has 0 unspecified atom stereocenters. The van der Waals surface area contributed by atoms with E-state index in [2.05, 4.69) is 14.8 Å². The first kappa shape index (κ1) is 12.8. The molecule has 0 atom stereocenters. The fourth-order valence-corrected chi connectivity index (χ4v) is 2.10. The molecular weight excluding hydrogens is 234 g/mol. The van der Waals surface area contributed by atoms with Crippen LogP contribution in [0.5, 0.6) is 0 Å². The van der Waals surface area contributed by atoms with Gasteiger partial charge >= 0.3 is 5.97 Å².